The number of nitrogens with one attached hydrogen (secondary N) is 1. The van der Waals surface area contributed by atoms with Crippen molar-refractivity contribution in [3.63, 3.8) is 0 Å². The van der Waals surface area contributed by atoms with Gasteiger partial charge in [0.1, 0.15) is 18.5 Å². The molecule has 0 spiro atoms. The molecule has 0 bridgehead atoms. The molecule has 0 aliphatic carbocycles. The number of hydrogen-bond acceptors (Lipinski definition) is 6. The molecule has 0 radical (unpaired) electrons. The Morgan fingerprint density at radius 3 is 2.28 bits per heavy atom. The molecule has 0 saturated heterocycles. The molecule has 190 valence electrons. The van der Waals surface area contributed by atoms with Crippen LogP contribution in [0.5, 0.6) is 17.2 Å². The molecule has 3 aromatic carbocycles. The maximum atomic E-state index is 12.1. The summed E-state index contributed by atoms with van der Waals surface area (Å²) in [5.74, 6) is 2.16. The van der Waals surface area contributed by atoms with Gasteiger partial charge in [-0.25, -0.2) is 4.79 Å². The highest BCUT2D eigenvalue weighted by Gasteiger charge is 2.13. The van der Waals surface area contributed by atoms with Gasteiger partial charge in [0.05, 0.1) is 25.3 Å². The average Bonchev–Trinajstić information content (AvgIpc) is 3.13. The number of methoxy groups -OCH3 is 2. The molecular weight excluding hydrogens is 458 g/mol. The Balaban J connectivity index is 1.25. The van der Waals surface area contributed by atoms with E-state index in [1.165, 1.54) is 5.56 Å². The lowest BCUT2D eigenvalue weighted by atomic mass is 10.1. The van der Waals surface area contributed by atoms with Crippen LogP contribution in [0, 0.1) is 0 Å². The Kier molecular flexibility index (Phi) is 7.97. The fourth-order valence-corrected chi connectivity index (χ4v) is 4.21. The average molecular weight is 492 g/mol. The number of imidazole rings is 1. The Morgan fingerprint density at radius 2 is 1.56 bits per heavy atom. The molecule has 1 aromatic heterocycles. The fraction of sp³-hybridized carbons (Fsp3) is 0.321. The second kappa shape index (κ2) is 11.3. The highest BCUT2D eigenvalue weighted by molar-refractivity contribution is 5.77. The lowest BCUT2D eigenvalue weighted by molar-refractivity contribution is 0.108. The van der Waals surface area contributed by atoms with Gasteiger partial charge in [0, 0.05) is 20.6 Å². The van der Waals surface area contributed by atoms with E-state index in [4.69, 9.17) is 14.2 Å². The van der Waals surface area contributed by atoms with Crippen LogP contribution in [0.1, 0.15) is 22.8 Å². The van der Waals surface area contributed by atoms with Crippen molar-refractivity contribution in [1.29, 1.82) is 0 Å². The molecule has 0 unspecified atom stereocenters. The van der Waals surface area contributed by atoms with E-state index >= 15 is 0 Å². The predicted molar refractivity (Wildman–Crippen MR) is 140 cm³/mol. The number of fused-ring (bicyclic) bond motifs is 1. The van der Waals surface area contributed by atoms with Crippen molar-refractivity contribution < 1.29 is 19.3 Å². The smallest absolute Gasteiger partial charge is 0.328 e. The lowest BCUT2D eigenvalue weighted by Gasteiger charge is -2.14. The molecule has 4 aromatic rings. The van der Waals surface area contributed by atoms with E-state index in [1.807, 2.05) is 60.7 Å². The van der Waals surface area contributed by atoms with Gasteiger partial charge in [-0.2, -0.15) is 0 Å². The zero-order valence-electron chi connectivity index (χ0n) is 21.2. The summed E-state index contributed by atoms with van der Waals surface area (Å²) in [6.45, 7) is 1.69. The summed E-state index contributed by atoms with van der Waals surface area (Å²) in [6.07, 6.45) is 0.0742. The maximum Gasteiger partial charge on any atom is 0.328 e. The van der Waals surface area contributed by atoms with Gasteiger partial charge in [-0.05, 0) is 66.1 Å². The number of aliphatic hydroxyl groups excluding tert-OH is 1. The van der Waals surface area contributed by atoms with Crippen LogP contribution in [0.4, 0.5) is 0 Å². The van der Waals surface area contributed by atoms with E-state index in [1.54, 1.807) is 37.4 Å². The number of aromatic nitrogens is 2. The standard InChI is InChI=1S/C28H33N3O5/c1-30-23-11-8-21(16-24(23)31(2)28(30)33)25(32)18-36-22-9-5-20(6-10-22)17-29-14-13-19-7-12-26(34-3)27(15-19)35-4/h5-12,15-16,25,29,32H,13-14,17-18H2,1-4H3/t25-/m1/s1. The number of rotatable bonds is 11. The normalized spacial score (nSPS) is 12.0. The Hall–Kier alpha value is -3.75. The van der Waals surface area contributed by atoms with Crippen LogP contribution >= 0.6 is 0 Å². The molecule has 8 nitrogen and oxygen atoms in total. The Labute approximate surface area is 210 Å². The third-order valence-electron chi connectivity index (χ3n) is 6.38. The summed E-state index contributed by atoms with van der Waals surface area (Å²) >= 11 is 0. The number of aliphatic hydroxyl groups is 1. The van der Waals surface area contributed by atoms with Crippen molar-refractivity contribution >= 4 is 11.0 Å². The third-order valence-corrected chi connectivity index (χ3v) is 6.38. The number of aryl methyl sites for hydroxylation is 2. The van der Waals surface area contributed by atoms with Gasteiger partial charge in [0.2, 0.25) is 0 Å². The van der Waals surface area contributed by atoms with Crippen molar-refractivity contribution in [3.05, 3.63) is 87.8 Å². The summed E-state index contributed by atoms with van der Waals surface area (Å²) in [7, 11) is 6.74. The molecule has 36 heavy (non-hydrogen) atoms. The quantitative estimate of drug-likeness (QED) is 0.313. The minimum Gasteiger partial charge on any atom is -0.493 e. The van der Waals surface area contributed by atoms with E-state index in [0.717, 1.165) is 47.6 Å². The van der Waals surface area contributed by atoms with Crippen LogP contribution in [0.3, 0.4) is 0 Å². The summed E-state index contributed by atoms with van der Waals surface area (Å²) in [5, 5.41) is 14.1. The first-order chi connectivity index (χ1) is 17.4. The van der Waals surface area contributed by atoms with E-state index in [2.05, 4.69) is 5.32 Å². The molecule has 0 saturated carbocycles. The molecule has 1 heterocycles. The number of nitrogens with zero attached hydrogens (tertiary/aromatic N) is 2. The summed E-state index contributed by atoms with van der Waals surface area (Å²) in [6, 6.07) is 19.3. The molecule has 1 atom stereocenters. The number of benzene rings is 3. The van der Waals surface area contributed by atoms with Gasteiger partial charge < -0.3 is 24.6 Å². The van der Waals surface area contributed by atoms with Crippen LogP contribution in [0.15, 0.2) is 65.5 Å². The predicted octanol–water partition coefficient (Wildman–Crippen LogP) is 3.34. The zero-order chi connectivity index (χ0) is 25.7. The van der Waals surface area contributed by atoms with Crippen LogP contribution in [0.25, 0.3) is 11.0 Å². The lowest BCUT2D eigenvalue weighted by Crippen LogP contribution is -2.19. The first-order valence-corrected chi connectivity index (χ1v) is 11.9. The highest BCUT2D eigenvalue weighted by Crippen LogP contribution is 2.27. The van der Waals surface area contributed by atoms with Crippen molar-refractivity contribution in [2.75, 3.05) is 27.4 Å². The number of ether oxygens (including phenoxy) is 3. The first kappa shape index (κ1) is 25.3. The number of hydrogen-bond donors (Lipinski definition) is 2. The van der Waals surface area contributed by atoms with Gasteiger partial charge in [0.25, 0.3) is 0 Å². The summed E-state index contributed by atoms with van der Waals surface area (Å²) in [5.41, 5.74) is 4.54. The SMILES string of the molecule is COc1ccc(CCNCc2ccc(OC[C@@H](O)c3ccc4c(c3)n(C)c(=O)n4C)cc2)cc1OC. The zero-order valence-corrected chi connectivity index (χ0v) is 21.2. The van der Waals surface area contributed by atoms with E-state index < -0.39 is 6.10 Å². The second-order valence-corrected chi connectivity index (χ2v) is 8.74. The first-order valence-electron chi connectivity index (χ1n) is 11.9. The largest absolute Gasteiger partial charge is 0.493 e. The van der Waals surface area contributed by atoms with Crippen molar-refractivity contribution in [3.8, 4) is 17.2 Å². The molecule has 8 heteroatoms. The van der Waals surface area contributed by atoms with Crippen molar-refractivity contribution in [2.24, 2.45) is 14.1 Å². The van der Waals surface area contributed by atoms with E-state index in [9.17, 15) is 9.90 Å². The maximum absolute atomic E-state index is 12.1. The minimum atomic E-state index is -0.803. The molecule has 0 fully saturated rings. The molecule has 4 rings (SSSR count). The summed E-state index contributed by atoms with van der Waals surface area (Å²) in [4.78, 5) is 12.1. The molecule has 2 N–H and O–H groups in total. The van der Waals surface area contributed by atoms with Gasteiger partial charge >= 0.3 is 5.69 Å². The van der Waals surface area contributed by atoms with Crippen molar-refractivity contribution in [2.45, 2.75) is 19.1 Å². The molecular formula is C28H33N3O5. The monoisotopic (exact) mass is 491 g/mol. The Morgan fingerprint density at radius 1 is 0.861 bits per heavy atom. The minimum absolute atomic E-state index is 0.0940. The second-order valence-electron chi connectivity index (χ2n) is 8.74. The van der Waals surface area contributed by atoms with Crippen LogP contribution < -0.4 is 25.2 Å². The van der Waals surface area contributed by atoms with Gasteiger partial charge in [-0.15, -0.1) is 0 Å². The molecule has 0 aliphatic rings. The van der Waals surface area contributed by atoms with E-state index in [0.29, 0.717) is 11.3 Å². The summed E-state index contributed by atoms with van der Waals surface area (Å²) < 4.78 is 19.6. The molecule has 0 aliphatic heterocycles. The van der Waals surface area contributed by atoms with Crippen LogP contribution in [-0.4, -0.2) is 41.6 Å². The van der Waals surface area contributed by atoms with Gasteiger partial charge in [-0.3, -0.25) is 9.13 Å². The topological polar surface area (TPSA) is 86.9 Å². The third kappa shape index (κ3) is 5.56. The van der Waals surface area contributed by atoms with Gasteiger partial charge in [0.15, 0.2) is 11.5 Å². The van der Waals surface area contributed by atoms with Gasteiger partial charge in [-0.1, -0.05) is 24.3 Å². The van der Waals surface area contributed by atoms with Crippen LogP contribution in [0.2, 0.25) is 0 Å². The molecule has 0 amide bonds. The van der Waals surface area contributed by atoms with Crippen molar-refractivity contribution in [1.82, 2.24) is 14.5 Å². The fourth-order valence-electron chi connectivity index (χ4n) is 4.21. The van der Waals surface area contributed by atoms with E-state index in [-0.39, 0.29) is 12.3 Å². The highest BCUT2D eigenvalue weighted by atomic mass is 16.5. The van der Waals surface area contributed by atoms with Crippen LogP contribution in [-0.2, 0) is 27.1 Å². The Bertz CT molecular complexity index is 1370.